The molecule has 0 spiro atoms. The van der Waals surface area contributed by atoms with Crippen LogP contribution in [0.3, 0.4) is 0 Å². The number of hydrogen-bond donors (Lipinski definition) is 1. The first-order valence-corrected chi connectivity index (χ1v) is 7.19. The van der Waals surface area contributed by atoms with Crippen LogP contribution in [-0.4, -0.2) is 17.1 Å². The van der Waals surface area contributed by atoms with E-state index >= 15 is 0 Å². The van der Waals surface area contributed by atoms with Gasteiger partial charge in [0, 0.05) is 23.9 Å². The molecule has 5 heteroatoms. The smallest absolute Gasteiger partial charge is 0.311 e. The average Bonchev–Trinajstić information content (AvgIpc) is 2.74. The predicted octanol–water partition coefficient (Wildman–Crippen LogP) is 3.98. The molecular formula is C15H22N2O3. The molecule has 1 aromatic rings. The number of benzene rings is 1. The molecule has 2 unspecified atom stereocenters. The molecule has 0 aliphatic heterocycles. The maximum Gasteiger partial charge on any atom is 0.311 e. The second-order valence-corrected chi connectivity index (χ2v) is 5.77. The lowest BCUT2D eigenvalue weighted by atomic mass is 10.1. The molecular weight excluding hydrogens is 256 g/mol. The predicted molar refractivity (Wildman–Crippen MR) is 79.3 cm³/mol. The molecule has 0 bridgehead atoms. The normalized spacial score (nSPS) is 22.0. The van der Waals surface area contributed by atoms with E-state index < -0.39 is 4.92 Å². The molecule has 1 fully saturated rings. The van der Waals surface area contributed by atoms with Crippen LogP contribution in [0.25, 0.3) is 0 Å². The average molecular weight is 278 g/mol. The fourth-order valence-electron chi connectivity index (χ4n) is 2.68. The Balaban J connectivity index is 2.20. The highest BCUT2D eigenvalue weighted by atomic mass is 16.6. The van der Waals surface area contributed by atoms with Gasteiger partial charge < -0.3 is 10.1 Å². The number of nitrogens with one attached hydrogen (secondary N) is 1. The van der Waals surface area contributed by atoms with Crippen molar-refractivity contribution in [3.05, 3.63) is 28.3 Å². The SMILES string of the molecule is CC(C)Oc1cc(NC2CCCC2C)ccc1[N+](=O)[O-]. The third-order valence-corrected chi connectivity index (χ3v) is 3.73. The fourth-order valence-corrected chi connectivity index (χ4v) is 2.68. The zero-order valence-corrected chi connectivity index (χ0v) is 12.3. The Bertz CT molecular complexity index is 488. The van der Waals surface area contributed by atoms with Gasteiger partial charge in [-0.05, 0) is 38.7 Å². The van der Waals surface area contributed by atoms with E-state index in [2.05, 4.69) is 12.2 Å². The molecule has 0 aromatic heterocycles. The van der Waals surface area contributed by atoms with Gasteiger partial charge in [0.25, 0.3) is 0 Å². The third-order valence-electron chi connectivity index (χ3n) is 3.73. The zero-order valence-electron chi connectivity index (χ0n) is 12.3. The van der Waals surface area contributed by atoms with Gasteiger partial charge >= 0.3 is 5.69 Å². The molecule has 0 amide bonds. The van der Waals surface area contributed by atoms with Crippen LogP contribution in [0.5, 0.6) is 5.75 Å². The van der Waals surface area contributed by atoms with E-state index in [1.54, 1.807) is 12.1 Å². The molecule has 0 heterocycles. The lowest BCUT2D eigenvalue weighted by Gasteiger charge is -2.19. The van der Waals surface area contributed by atoms with Crippen molar-refractivity contribution in [1.29, 1.82) is 0 Å². The van der Waals surface area contributed by atoms with Crippen molar-refractivity contribution in [2.45, 2.75) is 52.2 Å². The lowest BCUT2D eigenvalue weighted by Crippen LogP contribution is -2.21. The molecule has 1 aliphatic rings. The van der Waals surface area contributed by atoms with E-state index in [4.69, 9.17) is 4.74 Å². The van der Waals surface area contributed by atoms with Crippen LogP contribution in [0.2, 0.25) is 0 Å². The van der Waals surface area contributed by atoms with Crippen LogP contribution >= 0.6 is 0 Å². The van der Waals surface area contributed by atoms with Crippen molar-refractivity contribution >= 4 is 11.4 Å². The van der Waals surface area contributed by atoms with Crippen LogP contribution in [0, 0.1) is 16.0 Å². The zero-order chi connectivity index (χ0) is 14.7. The summed E-state index contributed by atoms with van der Waals surface area (Å²) in [7, 11) is 0. The summed E-state index contributed by atoms with van der Waals surface area (Å²) in [6, 6.07) is 5.46. The number of nitrogens with zero attached hydrogens (tertiary/aromatic N) is 1. The minimum atomic E-state index is -0.403. The van der Waals surface area contributed by atoms with Gasteiger partial charge in [0.15, 0.2) is 5.75 Å². The Morgan fingerprint density at radius 2 is 2.15 bits per heavy atom. The van der Waals surface area contributed by atoms with Crippen molar-refractivity contribution in [2.75, 3.05) is 5.32 Å². The number of anilines is 1. The molecule has 110 valence electrons. The molecule has 0 saturated heterocycles. The van der Waals surface area contributed by atoms with Crippen molar-refractivity contribution in [3.8, 4) is 5.75 Å². The summed E-state index contributed by atoms with van der Waals surface area (Å²) in [6.45, 7) is 5.97. The molecule has 2 atom stereocenters. The molecule has 1 aromatic carbocycles. The first-order valence-electron chi connectivity index (χ1n) is 7.19. The summed E-state index contributed by atoms with van der Waals surface area (Å²) in [5, 5.41) is 14.5. The van der Waals surface area contributed by atoms with Crippen molar-refractivity contribution < 1.29 is 9.66 Å². The largest absolute Gasteiger partial charge is 0.484 e. The van der Waals surface area contributed by atoms with Crippen LogP contribution in [0.1, 0.15) is 40.0 Å². The summed E-state index contributed by atoms with van der Waals surface area (Å²) in [4.78, 5) is 10.6. The van der Waals surface area contributed by atoms with E-state index in [9.17, 15) is 10.1 Å². The van der Waals surface area contributed by atoms with Crippen molar-refractivity contribution in [3.63, 3.8) is 0 Å². The quantitative estimate of drug-likeness (QED) is 0.653. The van der Waals surface area contributed by atoms with Gasteiger partial charge in [0.05, 0.1) is 11.0 Å². The van der Waals surface area contributed by atoms with E-state index in [1.807, 2.05) is 13.8 Å². The lowest BCUT2D eigenvalue weighted by molar-refractivity contribution is -0.386. The minimum absolute atomic E-state index is 0.0173. The number of hydrogen-bond acceptors (Lipinski definition) is 4. The number of ether oxygens (including phenoxy) is 1. The Morgan fingerprint density at radius 3 is 2.70 bits per heavy atom. The van der Waals surface area contributed by atoms with Crippen LogP contribution in [0.4, 0.5) is 11.4 Å². The highest BCUT2D eigenvalue weighted by Crippen LogP contribution is 2.33. The third kappa shape index (κ3) is 3.40. The summed E-state index contributed by atoms with van der Waals surface area (Å²) in [5.41, 5.74) is 0.911. The van der Waals surface area contributed by atoms with Gasteiger partial charge in [-0.2, -0.15) is 0 Å². The van der Waals surface area contributed by atoms with Crippen molar-refractivity contribution in [2.24, 2.45) is 5.92 Å². The van der Waals surface area contributed by atoms with Gasteiger partial charge in [-0.15, -0.1) is 0 Å². The highest BCUT2D eigenvalue weighted by molar-refractivity contribution is 5.58. The number of nitro benzene ring substituents is 1. The van der Waals surface area contributed by atoms with E-state index in [-0.39, 0.29) is 11.8 Å². The summed E-state index contributed by atoms with van der Waals surface area (Å²) in [5.74, 6) is 0.973. The standard InChI is InChI=1S/C15H22N2O3/c1-10(2)20-15-9-12(7-8-14(15)17(18)19)16-13-6-4-5-11(13)3/h7-11,13,16H,4-6H2,1-3H3. The molecule has 1 aliphatic carbocycles. The summed E-state index contributed by atoms with van der Waals surface area (Å²) in [6.07, 6.45) is 3.54. The monoisotopic (exact) mass is 278 g/mol. The molecule has 0 radical (unpaired) electrons. The first kappa shape index (κ1) is 14.6. The summed E-state index contributed by atoms with van der Waals surface area (Å²) < 4.78 is 5.56. The number of rotatable bonds is 5. The fraction of sp³-hybridized carbons (Fsp3) is 0.600. The van der Waals surface area contributed by atoms with Crippen LogP contribution in [-0.2, 0) is 0 Å². The van der Waals surface area contributed by atoms with Gasteiger partial charge in [-0.3, -0.25) is 10.1 Å². The van der Waals surface area contributed by atoms with Gasteiger partial charge in [0.1, 0.15) is 0 Å². The van der Waals surface area contributed by atoms with E-state index in [0.717, 1.165) is 12.1 Å². The topological polar surface area (TPSA) is 64.4 Å². The maximum absolute atomic E-state index is 11.0. The number of nitro groups is 1. The Morgan fingerprint density at radius 1 is 1.40 bits per heavy atom. The molecule has 2 rings (SSSR count). The Labute approximate surface area is 119 Å². The second-order valence-electron chi connectivity index (χ2n) is 5.77. The van der Waals surface area contributed by atoms with Crippen LogP contribution < -0.4 is 10.1 Å². The molecule has 1 N–H and O–H groups in total. The van der Waals surface area contributed by atoms with Gasteiger partial charge in [-0.1, -0.05) is 13.3 Å². The molecule has 20 heavy (non-hydrogen) atoms. The van der Waals surface area contributed by atoms with Gasteiger partial charge in [0.2, 0.25) is 0 Å². The first-order chi connectivity index (χ1) is 9.47. The van der Waals surface area contributed by atoms with E-state index in [1.165, 1.54) is 18.9 Å². The molecule has 5 nitrogen and oxygen atoms in total. The minimum Gasteiger partial charge on any atom is -0.484 e. The summed E-state index contributed by atoms with van der Waals surface area (Å²) >= 11 is 0. The Hall–Kier alpha value is -1.78. The van der Waals surface area contributed by atoms with Crippen LogP contribution in [0.15, 0.2) is 18.2 Å². The highest BCUT2D eigenvalue weighted by Gasteiger charge is 2.24. The van der Waals surface area contributed by atoms with Crippen molar-refractivity contribution in [1.82, 2.24) is 0 Å². The second kappa shape index (κ2) is 6.11. The maximum atomic E-state index is 11.0. The van der Waals surface area contributed by atoms with E-state index in [0.29, 0.717) is 17.7 Å². The van der Waals surface area contributed by atoms with Gasteiger partial charge in [-0.25, -0.2) is 0 Å². The molecule has 1 saturated carbocycles. The Kier molecular flexibility index (Phi) is 4.47.